The Hall–Kier alpha value is 1.01. The average molecular weight is 738 g/mol. The van der Waals surface area contributed by atoms with Crippen molar-refractivity contribution in [3.05, 3.63) is 50.3 Å². The van der Waals surface area contributed by atoms with Gasteiger partial charge in [-0.2, -0.15) is 0 Å². The lowest BCUT2D eigenvalue weighted by molar-refractivity contribution is 0.101. The van der Waals surface area contributed by atoms with Crippen molar-refractivity contribution in [1.29, 1.82) is 0 Å². The molecule has 0 heterocycles. The van der Waals surface area contributed by atoms with Gasteiger partial charge in [0.1, 0.15) is 11.6 Å². The van der Waals surface area contributed by atoms with Crippen molar-refractivity contribution in [2.24, 2.45) is 0 Å². The first-order valence-corrected chi connectivity index (χ1v) is 11.3. The highest BCUT2D eigenvalue weighted by atomic mass is 79.9. The number of Topliss-reactive ketones (excluding diaryl/α,β-unsaturated/α-hetero) is 1. The van der Waals surface area contributed by atoms with Crippen LogP contribution >= 0.6 is 107 Å². The lowest BCUT2D eigenvalue weighted by atomic mass is 10.1. The van der Waals surface area contributed by atoms with Crippen molar-refractivity contribution in [3.8, 4) is 11.5 Å². The molecule has 0 aliphatic rings. The van der Waals surface area contributed by atoms with Gasteiger partial charge in [0, 0.05) is 4.47 Å². The van der Waals surface area contributed by atoms with E-state index in [0.29, 0.717) is 14.7 Å². The summed E-state index contributed by atoms with van der Waals surface area (Å²) < 4.78 is 23.6. The number of carbonyl (C=O) groups excluding carboxylic acids is 1. The summed E-state index contributed by atoms with van der Waals surface area (Å²) >= 11 is 25.8. The first-order chi connectivity index (χ1) is 11.2. The molecule has 0 aliphatic carbocycles. The van der Waals surface area contributed by atoms with Gasteiger partial charge in [-0.1, -0.05) is 0 Å². The second-order valence-corrected chi connectivity index (χ2v) is 9.41. The van der Waals surface area contributed by atoms with E-state index in [4.69, 9.17) is 16.3 Å². The van der Waals surface area contributed by atoms with Crippen molar-refractivity contribution in [2.45, 2.75) is 0 Å². The van der Waals surface area contributed by atoms with E-state index in [1.807, 2.05) is 0 Å². The summed E-state index contributed by atoms with van der Waals surface area (Å²) in [7, 11) is 0. The zero-order chi connectivity index (χ0) is 18.2. The number of hydrogen-bond donors (Lipinski definition) is 0. The fourth-order valence-electron chi connectivity index (χ4n) is 1.69. The number of ketones is 1. The maximum absolute atomic E-state index is 14.1. The first-order valence-electron chi connectivity index (χ1n) is 5.96. The Labute approximate surface area is 192 Å². The molecule has 0 amide bonds. The molecule has 0 bridgehead atoms. The molecule has 0 saturated carbocycles. The highest BCUT2D eigenvalue weighted by molar-refractivity contribution is 9.15. The molecule has 0 atom stereocenters. The van der Waals surface area contributed by atoms with Crippen LogP contribution in [0.1, 0.15) is 10.4 Å². The summed E-state index contributed by atoms with van der Waals surface area (Å²) in [5, 5.41) is 0. The van der Waals surface area contributed by atoms with Gasteiger partial charge < -0.3 is 4.74 Å². The van der Waals surface area contributed by atoms with Crippen LogP contribution in [0.15, 0.2) is 39.0 Å². The molecule has 128 valence electrons. The minimum absolute atomic E-state index is 0.107. The molecule has 0 spiro atoms. The molecule has 0 aliphatic heterocycles. The molecule has 0 radical (unpaired) electrons. The van der Waals surface area contributed by atoms with E-state index >= 15 is 0 Å². The van der Waals surface area contributed by atoms with Crippen LogP contribution in [0, 0.1) is 5.82 Å². The summed E-state index contributed by atoms with van der Waals surface area (Å²) in [5.41, 5.74) is -0.142. The van der Waals surface area contributed by atoms with Gasteiger partial charge in [-0.05, 0) is 108 Å². The Kier molecular flexibility index (Phi) is 7.81. The summed E-state index contributed by atoms with van der Waals surface area (Å²) in [6.45, 7) is 0. The third-order valence-corrected chi connectivity index (χ3v) is 9.65. The quantitative estimate of drug-likeness (QED) is 0.136. The first kappa shape index (κ1) is 21.3. The number of hydrogen-bond acceptors (Lipinski definition) is 2. The van der Waals surface area contributed by atoms with E-state index in [0.717, 1.165) is 13.4 Å². The van der Waals surface area contributed by atoms with Crippen LogP contribution in [-0.4, -0.2) is 11.7 Å². The number of ether oxygens (including phenoxy) is 1. The van der Waals surface area contributed by atoms with E-state index in [-0.39, 0.29) is 21.7 Å². The van der Waals surface area contributed by atoms with Gasteiger partial charge in [-0.15, -0.1) is 11.6 Å². The Bertz CT molecular complexity index is 814. The summed E-state index contributed by atoms with van der Waals surface area (Å²) in [5.74, 6) is -0.810. The predicted molar refractivity (Wildman–Crippen MR) is 114 cm³/mol. The zero-order valence-corrected chi connectivity index (χ0v) is 21.5. The predicted octanol–water partition coefficient (Wildman–Crippen LogP) is 8.61. The van der Waals surface area contributed by atoms with Crippen LogP contribution in [0.5, 0.6) is 11.5 Å². The Morgan fingerprint density at radius 1 is 0.958 bits per heavy atom. The zero-order valence-electron chi connectivity index (χ0n) is 11.2. The average Bonchev–Trinajstić information content (AvgIpc) is 2.57. The highest BCUT2D eigenvalue weighted by Crippen LogP contribution is 2.50. The van der Waals surface area contributed by atoms with Crippen LogP contribution in [0.2, 0.25) is 0 Å². The molecule has 2 aromatic rings. The van der Waals surface area contributed by atoms with Crippen molar-refractivity contribution in [2.75, 3.05) is 5.88 Å². The van der Waals surface area contributed by atoms with Crippen LogP contribution in [-0.2, 0) is 0 Å². The van der Waals surface area contributed by atoms with E-state index in [9.17, 15) is 9.18 Å². The SMILES string of the molecule is O=C(CCl)c1cc(Oc2c(Br)c(Br)c(Br)c(Br)c2Br)cc(Br)c1F. The largest absolute Gasteiger partial charge is 0.455 e. The van der Waals surface area contributed by atoms with E-state index in [1.54, 1.807) is 0 Å². The van der Waals surface area contributed by atoms with Crippen LogP contribution in [0.4, 0.5) is 4.39 Å². The second kappa shape index (κ2) is 8.80. The van der Waals surface area contributed by atoms with Crippen molar-refractivity contribution in [3.63, 3.8) is 0 Å². The Balaban J connectivity index is 2.58. The molecule has 0 fully saturated rings. The fourth-order valence-corrected chi connectivity index (χ4v) is 5.45. The molecular formula is C14H4Br6ClFO2. The van der Waals surface area contributed by atoms with Gasteiger partial charge in [-0.25, -0.2) is 4.39 Å². The molecule has 0 unspecified atom stereocenters. The van der Waals surface area contributed by atoms with Gasteiger partial charge in [0.2, 0.25) is 0 Å². The lowest BCUT2D eigenvalue weighted by Gasteiger charge is -2.15. The maximum atomic E-state index is 14.1. The summed E-state index contributed by atoms with van der Waals surface area (Å²) in [4.78, 5) is 11.8. The molecule has 2 nitrogen and oxygen atoms in total. The lowest BCUT2D eigenvalue weighted by Crippen LogP contribution is -2.05. The Morgan fingerprint density at radius 3 is 1.96 bits per heavy atom. The maximum Gasteiger partial charge on any atom is 0.180 e. The van der Waals surface area contributed by atoms with Crippen molar-refractivity contribution >= 4 is 113 Å². The topological polar surface area (TPSA) is 26.3 Å². The van der Waals surface area contributed by atoms with Crippen molar-refractivity contribution in [1.82, 2.24) is 0 Å². The number of rotatable bonds is 4. The monoisotopic (exact) mass is 731 g/mol. The van der Waals surface area contributed by atoms with Gasteiger partial charge in [0.05, 0.1) is 33.8 Å². The molecule has 0 saturated heterocycles. The van der Waals surface area contributed by atoms with E-state index in [2.05, 4.69) is 95.6 Å². The number of carbonyl (C=O) groups is 1. The second-order valence-electron chi connectivity index (χ2n) is 4.32. The minimum Gasteiger partial charge on any atom is -0.455 e. The van der Waals surface area contributed by atoms with Gasteiger partial charge in [-0.3, -0.25) is 4.79 Å². The summed E-state index contributed by atoms with van der Waals surface area (Å²) in [6.07, 6.45) is 0. The summed E-state index contributed by atoms with van der Waals surface area (Å²) in [6, 6.07) is 2.75. The number of halogens is 8. The highest BCUT2D eigenvalue weighted by Gasteiger charge is 2.21. The Morgan fingerprint density at radius 2 is 1.46 bits per heavy atom. The van der Waals surface area contributed by atoms with Crippen molar-refractivity contribution < 1.29 is 13.9 Å². The molecule has 2 rings (SSSR count). The molecule has 0 N–H and O–H groups in total. The van der Waals surface area contributed by atoms with Crippen LogP contribution in [0.25, 0.3) is 0 Å². The van der Waals surface area contributed by atoms with Gasteiger partial charge >= 0.3 is 0 Å². The molecule has 10 heteroatoms. The van der Waals surface area contributed by atoms with Crippen LogP contribution < -0.4 is 4.74 Å². The third-order valence-electron chi connectivity index (χ3n) is 2.81. The van der Waals surface area contributed by atoms with Crippen LogP contribution in [0.3, 0.4) is 0 Å². The molecule has 0 aromatic heterocycles. The smallest absolute Gasteiger partial charge is 0.180 e. The fraction of sp³-hybridized carbons (Fsp3) is 0.0714. The minimum atomic E-state index is -0.677. The standard InChI is InChI=1S/C14H4Br6ClFO2/c15-6-2-4(1-5(13(6)22)7(23)3-21)24-14-11(19)9(17)8(16)10(18)12(14)20/h1-2H,3H2. The van der Waals surface area contributed by atoms with Gasteiger partial charge in [0.25, 0.3) is 0 Å². The number of benzene rings is 2. The van der Waals surface area contributed by atoms with E-state index in [1.165, 1.54) is 12.1 Å². The normalized spacial score (nSPS) is 10.8. The molecular weight excluding hydrogens is 734 g/mol. The van der Waals surface area contributed by atoms with E-state index < -0.39 is 11.6 Å². The third kappa shape index (κ3) is 4.28. The molecule has 24 heavy (non-hydrogen) atoms. The molecule has 2 aromatic carbocycles. The van der Waals surface area contributed by atoms with Gasteiger partial charge in [0.15, 0.2) is 11.5 Å². The number of alkyl halides is 1.